The topological polar surface area (TPSA) is 62.2 Å². The van der Waals surface area contributed by atoms with Crippen LogP contribution in [-0.4, -0.2) is 22.4 Å². The SMILES string of the molecule is CSc1ccc(Sc2cnc(CNC(=O)O)s2)cc1-c1ccc(C)cc1. The molecule has 2 N–H and O–H groups in total. The van der Waals surface area contributed by atoms with Crippen molar-refractivity contribution in [2.45, 2.75) is 27.5 Å². The van der Waals surface area contributed by atoms with E-state index in [2.05, 4.69) is 65.9 Å². The molecule has 3 rings (SSSR count). The number of aryl methyl sites for hydroxylation is 1. The summed E-state index contributed by atoms with van der Waals surface area (Å²) in [4.78, 5) is 17.2. The Bertz CT molecular complexity index is 907. The second-order valence-corrected chi connectivity index (χ2v) is 8.90. The van der Waals surface area contributed by atoms with Crippen LogP contribution in [-0.2, 0) is 6.54 Å². The van der Waals surface area contributed by atoms with E-state index in [1.807, 2.05) is 0 Å². The van der Waals surface area contributed by atoms with Gasteiger partial charge in [0, 0.05) is 9.79 Å². The molecule has 1 heterocycles. The first-order valence-electron chi connectivity index (χ1n) is 7.89. The number of carboxylic acid groups (broad SMARTS) is 1. The van der Waals surface area contributed by atoms with Crippen LogP contribution < -0.4 is 5.32 Å². The van der Waals surface area contributed by atoms with E-state index in [-0.39, 0.29) is 6.54 Å². The van der Waals surface area contributed by atoms with E-state index in [1.54, 1.807) is 29.7 Å². The van der Waals surface area contributed by atoms with Gasteiger partial charge in [-0.05, 0) is 42.5 Å². The van der Waals surface area contributed by atoms with Crippen molar-refractivity contribution in [3.05, 3.63) is 59.2 Å². The summed E-state index contributed by atoms with van der Waals surface area (Å²) in [5, 5.41) is 11.8. The van der Waals surface area contributed by atoms with E-state index < -0.39 is 6.09 Å². The van der Waals surface area contributed by atoms with Crippen LogP contribution in [0.4, 0.5) is 4.79 Å². The highest BCUT2D eigenvalue weighted by atomic mass is 32.2. The molecule has 0 aliphatic rings. The molecule has 4 nitrogen and oxygen atoms in total. The van der Waals surface area contributed by atoms with Gasteiger partial charge in [-0.2, -0.15) is 0 Å². The molecule has 0 bridgehead atoms. The van der Waals surface area contributed by atoms with Crippen molar-refractivity contribution in [2.75, 3.05) is 6.26 Å². The summed E-state index contributed by atoms with van der Waals surface area (Å²) in [6.07, 6.45) is 2.84. The molecule has 0 saturated heterocycles. The number of benzene rings is 2. The highest BCUT2D eigenvalue weighted by Gasteiger charge is 2.09. The Labute approximate surface area is 165 Å². The van der Waals surface area contributed by atoms with Crippen molar-refractivity contribution in [1.82, 2.24) is 10.3 Å². The standard InChI is InChI=1S/C19H18N2O2S3/c1-12-3-5-13(6-4-12)15-9-14(7-8-16(15)24-2)25-18-11-20-17(26-18)10-21-19(22)23/h3-9,11,21H,10H2,1-2H3,(H,22,23). The predicted molar refractivity (Wildman–Crippen MR) is 109 cm³/mol. The monoisotopic (exact) mass is 402 g/mol. The van der Waals surface area contributed by atoms with Crippen LogP contribution in [0.1, 0.15) is 10.6 Å². The molecule has 0 saturated carbocycles. The number of carbonyl (C=O) groups is 1. The molecule has 2 aromatic carbocycles. The summed E-state index contributed by atoms with van der Waals surface area (Å²) in [5.41, 5.74) is 3.68. The van der Waals surface area contributed by atoms with Crippen molar-refractivity contribution in [3.63, 3.8) is 0 Å². The smallest absolute Gasteiger partial charge is 0.405 e. The predicted octanol–water partition coefficient (Wildman–Crippen LogP) is 5.76. The molecular weight excluding hydrogens is 384 g/mol. The maximum Gasteiger partial charge on any atom is 0.405 e. The number of nitrogens with zero attached hydrogens (tertiary/aromatic N) is 1. The number of thioether (sulfide) groups is 1. The normalized spacial score (nSPS) is 10.7. The third kappa shape index (κ3) is 4.81. The van der Waals surface area contributed by atoms with Gasteiger partial charge in [0.2, 0.25) is 0 Å². The molecule has 1 amide bonds. The number of amides is 1. The molecule has 0 fully saturated rings. The van der Waals surface area contributed by atoms with Crippen molar-refractivity contribution in [3.8, 4) is 11.1 Å². The van der Waals surface area contributed by atoms with Crippen LogP contribution >= 0.6 is 34.9 Å². The summed E-state index contributed by atoms with van der Waals surface area (Å²) in [5.74, 6) is 0. The van der Waals surface area contributed by atoms with Crippen LogP contribution in [0.2, 0.25) is 0 Å². The van der Waals surface area contributed by atoms with E-state index in [4.69, 9.17) is 5.11 Å². The minimum Gasteiger partial charge on any atom is -0.465 e. The number of nitrogens with one attached hydrogen (secondary N) is 1. The third-order valence-corrected chi connectivity index (χ3v) is 6.56. The molecule has 0 spiro atoms. The van der Waals surface area contributed by atoms with Crippen molar-refractivity contribution >= 4 is 41.0 Å². The molecule has 0 aliphatic heterocycles. The zero-order chi connectivity index (χ0) is 18.5. The molecule has 7 heteroatoms. The van der Waals surface area contributed by atoms with E-state index in [0.717, 1.165) is 14.1 Å². The molecule has 3 aromatic rings. The Morgan fingerprint density at radius 3 is 2.69 bits per heavy atom. The summed E-state index contributed by atoms with van der Waals surface area (Å²) in [7, 11) is 0. The molecule has 0 aliphatic carbocycles. The summed E-state index contributed by atoms with van der Waals surface area (Å²) in [6, 6.07) is 15.0. The summed E-state index contributed by atoms with van der Waals surface area (Å²) in [6.45, 7) is 2.33. The van der Waals surface area contributed by atoms with Crippen LogP contribution in [0.15, 0.2) is 62.7 Å². The van der Waals surface area contributed by atoms with Gasteiger partial charge in [-0.15, -0.1) is 23.1 Å². The van der Waals surface area contributed by atoms with Gasteiger partial charge in [-0.25, -0.2) is 9.78 Å². The molecule has 1 aromatic heterocycles. The average Bonchev–Trinajstić information content (AvgIpc) is 3.08. The molecular formula is C19H18N2O2S3. The third-order valence-electron chi connectivity index (χ3n) is 3.68. The van der Waals surface area contributed by atoms with E-state index in [9.17, 15) is 4.79 Å². The number of rotatable bonds is 6. The Balaban J connectivity index is 1.81. The van der Waals surface area contributed by atoms with Gasteiger partial charge in [0.25, 0.3) is 0 Å². The Hall–Kier alpha value is -1.96. The maximum absolute atomic E-state index is 10.6. The Kier molecular flexibility index (Phi) is 6.24. The molecule has 0 unspecified atom stereocenters. The van der Waals surface area contributed by atoms with Gasteiger partial charge in [0.1, 0.15) is 5.01 Å². The number of aromatic nitrogens is 1. The fourth-order valence-corrected chi connectivity index (χ4v) is 4.98. The van der Waals surface area contributed by atoms with Gasteiger partial charge >= 0.3 is 6.09 Å². The van der Waals surface area contributed by atoms with Crippen LogP contribution in [0.3, 0.4) is 0 Å². The lowest BCUT2D eigenvalue weighted by Gasteiger charge is -2.10. The van der Waals surface area contributed by atoms with E-state index >= 15 is 0 Å². The van der Waals surface area contributed by atoms with Gasteiger partial charge in [0.05, 0.1) is 17.0 Å². The zero-order valence-corrected chi connectivity index (χ0v) is 16.8. The first-order valence-corrected chi connectivity index (χ1v) is 10.8. The van der Waals surface area contributed by atoms with Gasteiger partial charge in [0.15, 0.2) is 0 Å². The first kappa shape index (κ1) is 18.8. The average molecular weight is 403 g/mol. The van der Waals surface area contributed by atoms with Gasteiger partial charge < -0.3 is 10.4 Å². The Morgan fingerprint density at radius 1 is 1.23 bits per heavy atom. The van der Waals surface area contributed by atoms with E-state index in [1.165, 1.54) is 32.9 Å². The minimum atomic E-state index is -1.04. The highest BCUT2D eigenvalue weighted by molar-refractivity contribution is 8.01. The first-order chi connectivity index (χ1) is 12.5. The second kappa shape index (κ2) is 8.62. The van der Waals surface area contributed by atoms with Gasteiger partial charge in [-0.1, -0.05) is 41.6 Å². The quantitative estimate of drug-likeness (QED) is 0.513. The molecule has 0 atom stereocenters. The van der Waals surface area contributed by atoms with Crippen molar-refractivity contribution in [1.29, 1.82) is 0 Å². The van der Waals surface area contributed by atoms with Crippen molar-refractivity contribution in [2.24, 2.45) is 0 Å². The lowest BCUT2D eigenvalue weighted by atomic mass is 10.0. The minimum absolute atomic E-state index is 0.237. The number of hydrogen-bond donors (Lipinski definition) is 2. The van der Waals surface area contributed by atoms with Gasteiger partial charge in [-0.3, -0.25) is 0 Å². The molecule has 0 radical (unpaired) electrons. The van der Waals surface area contributed by atoms with Crippen LogP contribution in [0, 0.1) is 6.92 Å². The maximum atomic E-state index is 10.6. The second-order valence-electron chi connectivity index (χ2n) is 5.56. The zero-order valence-electron chi connectivity index (χ0n) is 14.4. The molecule has 26 heavy (non-hydrogen) atoms. The summed E-state index contributed by atoms with van der Waals surface area (Å²) < 4.78 is 1.04. The van der Waals surface area contributed by atoms with E-state index in [0.29, 0.717) is 0 Å². The molecule has 134 valence electrons. The Morgan fingerprint density at radius 2 is 2.00 bits per heavy atom. The largest absolute Gasteiger partial charge is 0.465 e. The van der Waals surface area contributed by atoms with Crippen LogP contribution in [0.25, 0.3) is 11.1 Å². The summed E-state index contributed by atoms with van der Waals surface area (Å²) >= 11 is 4.89. The fourth-order valence-electron chi connectivity index (χ4n) is 2.40. The number of hydrogen-bond acceptors (Lipinski definition) is 5. The van der Waals surface area contributed by atoms with Crippen molar-refractivity contribution < 1.29 is 9.90 Å². The van der Waals surface area contributed by atoms with Crippen LogP contribution in [0.5, 0.6) is 0 Å². The highest BCUT2D eigenvalue weighted by Crippen LogP contribution is 2.38. The lowest BCUT2D eigenvalue weighted by Crippen LogP contribution is -2.19. The number of thiazole rings is 1. The lowest BCUT2D eigenvalue weighted by molar-refractivity contribution is 0.194. The fraction of sp³-hybridized carbons (Fsp3) is 0.158.